The van der Waals surface area contributed by atoms with Crippen molar-refractivity contribution in [2.75, 3.05) is 19.6 Å². The minimum absolute atomic E-state index is 0.117. The molecule has 2 unspecified atom stereocenters. The van der Waals surface area contributed by atoms with Crippen molar-refractivity contribution in [2.24, 2.45) is 5.92 Å². The summed E-state index contributed by atoms with van der Waals surface area (Å²) < 4.78 is 0. The molecule has 1 aliphatic heterocycles. The first-order valence-corrected chi connectivity index (χ1v) is 7.02. The lowest BCUT2D eigenvalue weighted by Crippen LogP contribution is -2.59. The van der Waals surface area contributed by atoms with Crippen molar-refractivity contribution in [3.8, 4) is 0 Å². The number of piperazine rings is 1. The van der Waals surface area contributed by atoms with Crippen LogP contribution >= 0.6 is 0 Å². The number of carboxylic acids is 1. The molecule has 114 valence electrons. The minimum atomic E-state index is -0.824. The summed E-state index contributed by atoms with van der Waals surface area (Å²) >= 11 is 0. The van der Waals surface area contributed by atoms with Crippen molar-refractivity contribution in [1.82, 2.24) is 15.5 Å². The average Bonchev–Trinajstić information content (AvgIpc) is 2.42. The van der Waals surface area contributed by atoms with Crippen LogP contribution in [0, 0.1) is 5.92 Å². The Balaban J connectivity index is 2.34. The maximum atomic E-state index is 12.0. The third-order valence-electron chi connectivity index (χ3n) is 3.49. The van der Waals surface area contributed by atoms with Gasteiger partial charge in [0.05, 0.1) is 5.92 Å². The number of nitrogens with zero attached hydrogens (tertiary/aromatic N) is 1. The van der Waals surface area contributed by atoms with E-state index in [2.05, 4.69) is 10.6 Å². The average molecular weight is 285 g/mol. The molecular formula is C13H23N3O4. The Bertz CT molecular complexity index is 373. The number of hydrogen-bond donors (Lipinski definition) is 3. The molecule has 1 saturated heterocycles. The van der Waals surface area contributed by atoms with Gasteiger partial charge in [0.1, 0.15) is 6.04 Å². The molecule has 0 aliphatic carbocycles. The Labute approximate surface area is 118 Å². The summed E-state index contributed by atoms with van der Waals surface area (Å²) in [6.45, 7) is 4.90. The quantitative estimate of drug-likeness (QED) is 0.615. The van der Waals surface area contributed by atoms with E-state index >= 15 is 0 Å². The molecule has 2 atom stereocenters. The van der Waals surface area contributed by atoms with Crippen LogP contribution in [0.15, 0.2) is 0 Å². The standard InChI is InChI=1S/C13H23N3O4/c1-3-10-11(17)14-7-8-16(10)13(20)15-6-4-5-9(2)12(18)19/h9-10H,3-8H2,1-2H3,(H,14,17)(H,15,20)(H,18,19). The first-order chi connectivity index (χ1) is 9.47. The minimum Gasteiger partial charge on any atom is -0.481 e. The van der Waals surface area contributed by atoms with Crippen molar-refractivity contribution < 1.29 is 19.5 Å². The number of carbonyl (C=O) groups is 3. The first-order valence-electron chi connectivity index (χ1n) is 7.02. The van der Waals surface area contributed by atoms with Crippen LogP contribution in [0.4, 0.5) is 4.79 Å². The molecule has 0 aromatic carbocycles. The summed E-state index contributed by atoms with van der Waals surface area (Å²) in [5.41, 5.74) is 0. The molecule has 0 aromatic rings. The number of carboxylic acid groups (broad SMARTS) is 1. The van der Waals surface area contributed by atoms with Crippen LogP contribution in [0.25, 0.3) is 0 Å². The van der Waals surface area contributed by atoms with Crippen molar-refractivity contribution in [1.29, 1.82) is 0 Å². The molecule has 1 fully saturated rings. The number of nitrogens with one attached hydrogen (secondary N) is 2. The lowest BCUT2D eigenvalue weighted by Gasteiger charge is -2.34. The van der Waals surface area contributed by atoms with E-state index in [4.69, 9.17) is 5.11 Å². The highest BCUT2D eigenvalue weighted by atomic mass is 16.4. The predicted molar refractivity (Wildman–Crippen MR) is 73.2 cm³/mol. The van der Waals surface area contributed by atoms with E-state index in [0.717, 1.165) is 0 Å². The first kappa shape index (κ1) is 16.3. The van der Waals surface area contributed by atoms with Gasteiger partial charge in [-0.2, -0.15) is 0 Å². The fraction of sp³-hybridized carbons (Fsp3) is 0.769. The lowest BCUT2D eigenvalue weighted by molar-refractivity contribution is -0.141. The normalized spacial score (nSPS) is 20.2. The Hall–Kier alpha value is -1.79. The summed E-state index contributed by atoms with van der Waals surface area (Å²) in [6, 6.07) is -0.670. The molecule has 1 heterocycles. The maximum Gasteiger partial charge on any atom is 0.318 e. The zero-order valence-electron chi connectivity index (χ0n) is 12.0. The molecule has 3 amide bonds. The largest absolute Gasteiger partial charge is 0.481 e. The maximum absolute atomic E-state index is 12.0. The zero-order valence-corrected chi connectivity index (χ0v) is 12.0. The van der Waals surface area contributed by atoms with Gasteiger partial charge in [-0.05, 0) is 19.3 Å². The molecular weight excluding hydrogens is 262 g/mol. The van der Waals surface area contributed by atoms with Gasteiger partial charge in [0.25, 0.3) is 0 Å². The summed E-state index contributed by atoms with van der Waals surface area (Å²) in [6.07, 6.45) is 1.71. The molecule has 20 heavy (non-hydrogen) atoms. The Morgan fingerprint density at radius 1 is 1.55 bits per heavy atom. The molecule has 7 nitrogen and oxygen atoms in total. The number of rotatable bonds is 6. The third kappa shape index (κ3) is 4.40. The molecule has 3 N–H and O–H groups in total. The molecule has 1 rings (SSSR count). The van der Waals surface area contributed by atoms with Crippen LogP contribution in [0.3, 0.4) is 0 Å². The van der Waals surface area contributed by atoms with Crippen molar-refractivity contribution >= 4 is 17.9 Å². The van der Waals surface area contributed by atoms with Gasteiger partial charge in [-0.15, -0.1) is 0 Å². The second-order valence-electron chi connectivity index (χ2n) is 5.02. The summed E-state index contributed by atoms with van der Waals surface area (Å²) in [5, 5.41) is 14.2. The van der Waals surface area contributed by atoms with Crippen molar-refractivity contribution in [3.63, 3.8) is 0 Å². The lowest BCUT2D eigenvalue weighted by atomic mass is 10.1. The van der Waals surface area contributed by atoms with E-state index < -0.39 is 17.9 Å². The molecule has 0 radical (unpaired) electrons. The fourth-order valence-electron chi connectivity index (χ4n) is 2.19. The van der Waals surface area contributed by atoms with E-state index in [-0.39, 0.29) is 11.9 Å². The zero-order chi connectivity index (χ0) is 15.1. The van der Waals surface area contributed by atoms with Crippen LogP contribution in [0.1, 0.15) is 33.1 Å². The van der Waals surface area contributed by atoms with Gasteiger partial charge in [-0.25, -0.2) is 4.79 Å². The van der Waals surface area contributed by atoms with Crippen LogP contribution in [-0.2, 0) is 9.59 Å². The summed E-state index contributed by atoms with van der Waals surface area (Å²) in [4.78, 5) is 35.8. The smallest absolute Gasteiger partial charge is 0.318 e. The van der Waals surface area contributed by atoms with Crippen LogP contribution in [0.5, 0.6) is 0 Å². The van der Waals surface area contributed by atoms with Crippen LogP contribution in [0.2, 0.25) is 0 Å². The van der Waals surface area contributed by atoms with Gasteiger partial charge < -0.3 is 20.6 Å². The molecule has 0 bridgehead atoms. The monoisotopic (exact) mass is 285 g/mol. The predicted octanol–water partition coefficient (Wildman–Crippen LogP) is 0.407. The highest BCUT2D eigenvalue weighted by Crippen LogP contribution is 2.09. The van der Waals surface area contributed by atoms with Gasteiger partial charge in [-0.3, -0.25) is 9.59 Å². The number of hydrogen-bond acceptors (Lipinski definition) is 3. The van der Waals surface area contributed by atoms with Crippen molar-refractivity contribution in [3.05, 3.63) is 0 Å². The van der Waals surface area contributed by atoms with E-state index in [9.17, 15) is 14.4 Å². The topological polar surface area (TPSA) is 98.7 Å². The van der Waals surface area contributed by atoms with Gasteiger partial charge in [-0.1, -0.05) is 13.8 Å². The van der Waals surface area contributed by atoms with Gasteiger partial charge in [0.15, 0.2) is 0 Å². The van der Waals surface area contributed by atoms with Crippen LogP contribution in [-0.4, -0.2) is 53.6 Å². The van der Waals surface area contributed by atoms with E-state index in [1.165, 1.54) is 0 Å². The molecule has 1 aliphatic rings. The Kier molecular flexibility index (Phi) is 6.27. The van der Waals surface area contributed by atoms with Crippen molar-refractivity contribution in [2.45, 2.75) is 39.2 Å². The SMILES string of the molecule is CCC1C(=O)NCCN1C(=O)NCCCC(C)C(=O)O. The third-order valence-corrected chi connectivity index (χ3v) is 3.49. The second-order valence-corrected chi connectivity index (χ2v) is 5.02. The summed E-state index contributed by atoms with van der Waals surface area (Å²) in [5.74, 6) is -1.35. The highest BCUT2D eigenvalue weighted by molar-refractivity contribution is 5.88. The number of amides is 3. The fourth-order valence-corrected chi connectivity index (χ4v) is 2.19. The Morgan fingerprint density at radius 2 is 2.25 bits per heavy atom. The molecule has 7 heteroatoms. The second kappa shape index (κ2) is 7.72. The summed E-state index contributed by atoms with van der Waals surface area (Å²) in [7, 11) is 0. The van der Waals surface area contributed by atoms with E-state index in [0.29, 0.717) is 38.9 Å². The Morgan fingerprint density at radius 3 is 2.85 bits per heavy atom. The molecule has 0 spiro atoms. The molecule has 0 saturated carbocycles. The number of urea groups is 1. The number of aliphatic carboxylic acids is 1. The van der Waals surface area contributed by atoms with E-state index in [1.807, 2.05) is 6.92 Å². The van der Waals surface area contributed by atoms with Gasteiger partial charge in [0.2, 0.25) is 5.91 Å². The van der Waals surface area contributed by atoms with Crippen LogP contribution < -0.4 is 10.6 Å². The molecule has 0 aromatic heterocycles. The van der Waals surface area contributed by atoms with E-state index in [1.54, 1.807) is 11.8 Å². The number of carbonyl (C=O) groups excluding carboxylic acids is 2. The van der Waals surface area contributed by atoms with Gasteiger partial charge in [0, 0.05) is 19.6 Å². The highest BCUT2D eigenvalue weighted by Gasteiger charge is 2.31. The van der Waals surface area contributed by atoms with Gasteiger partial charge >= 0.3 is 12.0 Å².